The number of rotatable bonds is 1. The molecule has 0 saturated carbocycles. The highest BCUT2D eigenvalue weighted by atomic mass is 127. The van der Waals surface area contributed by atoms with Gasteiger partial charge in [0.1, 0.15) is 0 Å². The molecule has 0 aliphatic carbocycles. The van der Waals surface area contributed by atoms with Crippen LogP contribution in [0.2, 0.25) is 0 Å². The van der Waals surface area contributed by atoms with Gasteiger partial charge >= 0.3 is 0 Å². The molecule has 0 aliphatic rings. The van der Waals surface area contributed by atoms with Gasteiger partial charge in [-0.2, -0.15) is 0 Å². The molecule has 2 aromatic carbocycles. The van der Waals surface area contributed by atoms with Gasteiger partial charge in [-0.1, -0.05) is 12.1 Å². The largest absolute Gasteiger partial charge is 0.398 e. The van der Waals surface area contributed by atoms with Crippen molar-refractivity contribution in [3.05, 3.63) is 40.0 Å². The molecule has 0 heterocycles. The maximum atomic E-state index is 5.86. The van der Waals surface area contributed by atoms with Gasteiger partial charge in [0.2, 0.25) is 0 Å². The number of hydrogen-bond donors (Lipinski definition) is 3. The van der Waals surface area contributed by atoms with Crippen LogP contribution < -0.4 is 17.2 Å². The van der Waals surface area contributed by atoms with Crippen LogP contribution in [0.25, 0.3) is 11.1 Å². The Morgan fingerprint density at radius 1 is 0.688 bits per heavy atom. The molecule has 3 nitrogen and oxygen atoms in total. The molecule has 0 spiro atoms. The van der Waals surface area contributed by atoms with Crippen LogP contribution in [0.4, 0.5) is 17.1 Å². The molecule has 4 heteroatoms. The van der Waals surface area contributed by atoms with Crippen LogP contribution in [-0.4, -0.2) is 0 Å². The van der Waals surface area contributed by atoms with Gasteiger partial charge in [-0.25, -0.2) is 0 Å². The third-order valence-corrected chi connectivity index (χ3v) is 3.40. The first-order chi connectivity index (χ1) is 7.58. The average molecular weight is 325 g/mol. The molecule has 2 rings (SSSR count). The molecule has 0 aromatic heterocycles. The first kappa shape index (κ1) is 11.1. The summed E-state index contributed by atoms with van der Waals surface area (Å²) < 4.78 is 1.05. The molecule has 0 fully saturated rings. The standard InChI is InChI=1S/C12H12IN3/c13-9-3-1-7(5-11(9)15)8-2-4-10(14)12(16)6-8/h1-6H,14-16H2. The first-order valence-electron chi connectivity index (χ1n) is 4.78. The fraction of sp³-hybridized carbons (Fsp3) is 0. The Hall–Kier alpha value is -1.43. The molecular weight excluding hydrogens is 313 g/mol. The van der Waals surface area contributed by atoms with E-state index in [9.17, 15) is 0 Å². The predicted octanol–water partition coefficient (Wildman–Crippen LogP) is 2.70. The van der Waals surface area contributed by atoms with Gasteiger partial charge in [-0.05, 0) is 58.0 Å². The smallest absolute Gasteiger partial charge is 0.0554 e. The lowest BCUT2D eigenvalue weighted by Crippen LogP contribution is -1.95. The molecule has 0 radical (unpaired) electrons. The lowest BCUT2D eigenvalue weighted by Gasteiger charge is -2.07. The van der Waals surface area contributed by atoms with Crippen molar-refractivity contribution in [1.82, 2.24) is 0 Å². The SMILES string of the molecule is Nc1ccc(-c2ccc(I)c(N)c2)cc1N. The number of hydrogen-bond acceptors (Lipinski definition) is 3. The second-order valence-corrected chi connectivity index (χ2v) is 4.74. The summed E-state index contributed by atoms with van der Waals surface area (Å²) >= 11 is 2.20. The van der Waals surface area contributed by atoms with Crippen molar-refractivity contribution >= 4 is 39.7 Å². The molecule has 0 bridgehead atoms. The van der Waals surface area contributed by atoms with Crippen LogP contribution in [0, 0.1) is 3.57 Å². The van der Waals surface area contributed by atoms with Crippen molar-refractivity contribution < 1.29 is 0 Å². The van der Waals surface area contributed by atoms with E-state index < -0.39 is 0 Å². The quantitative estimate of drug-likeness (QED) is 0.557. The molecule has 2 aromatic rings. The summed E-state index contributed by atoms with van der Waals surface area (Å²) in [4.78, 5) is 0. The van der Waals surface area contributed by atoms with E-state index in [1.807, 2.05) is 30.3 Å². The molecule has 0 saturated heterocycles. The summed E-state index contributed by atoms with van der Waals surface area (Å²) in [6.45, 7) is 0. The highest BCUT2D eigenvalue weighted by molar-refractivity contribution is 14.1. The van der Waals surface area contributed by atoms with E-state index in [4.69, 9.17) is 17.2 Å². The molecule has 82 valence electrons. The van der Waals surface area contributed by atoms with Crippen molar-refractivity contribution in [2.24, 2.45) is 0 Å². The Kier molecular flexibility index (Phi) is 2.91. The van der Waals surface area contributed by atoms with Crippen molar-refractivity contribution in [2.75, 3.05) is 17.2 Å². The van der Waals surface area contributed by atoms with E-state index in [1.165, 1.54) is 0 Å². The van der Waals surface area contributed by atoms with Crippen LogP contribution >= 0.6 is 22.6 Å². The number of nitrogens with two attached hydrogens (primary N) is 3. The minimum Gasteiger partial charge on any atom is -0.398 e. The zero-order valence-corrected chi connectivity index (χ0v) is 10.7. The summed E-state index contributed by atoms with van der Waals surface area (Å²) in [6.07, 6.45) is 0. The molecule has 0 aliphatic heterocycles. The Morgan fingerprint density at radius 2 is 1.25 bits per heavy atom. The van der Waals surface area contributed by atoms with Gasteiger partial charge in [0.05, 0.1) is 11.4 Å². The van der Waals surface area contributed by atoms with Crippen molar-refractivity contribution in [3.63, 3.8) is 0 Å². The van der Waals surface area contributed by atoms with E-state index in [1.54, 1.807) is 6.07 Å². The maximum Gasteiger partial charge on any atom is 0.0554 e. The van der Waals surface area contributed by atoms with Crippen LogP contribution in [0.5, 0.6) is 0 Å². The normalized spacial score (nSPS) is 10.3. The van der Waals surface area contributed by atoms with Crippen LogP contribution in [-0.2, 0) is 0 Å². The van der Waals surface area contributed by atoms with Crippen LogP contribution in [0.1, 0.15) is 0 Å². The minimum absolute atomic E-state index is 0.592. The lowest BCUT2D eigenvalue weighted by molar-refractivity contribution is 1.58. The zero-order chi connectivity index (χ0) is 11.7. The lowest BCUT2D eigenvalue weighted by atomic mass is 10.0. The fourth-order valence-electron chi connectivity index (χ4n) is 1.48. The average Bonchev–Trinajstić information content (AvgIpc) is 2.26. The highest BCUT2D eigenvalue weighted by Crippen LogP contribution is 2.28. The van der Waals surface area contributed by atoms with E-state index in [0.29, 0.717) is 11.4 Å². The van der Waals surface area contributed by atoms with Crippen LogP contribution in [0.15, 0.2) is 36.4 Å². The Morgan fingerprint density at radius 3 is 1.81 bits per heavy atom. The molecular formula is C12H12IN3. The number of nitrogen functional groups attached to an aromatic ring is 3. The number of anilines is 3. The third kappa shape index (κ3) is 2.06. The van der Waals surface area contributed by atoms with Gasteiger partial charge < -0.3 is 17.2 Å². The van der Waals surface area contributed by atoms with Gasteiger partial charge in [0, 0.05) is 9.26 Å². The summed E-state index contributed by atoms with van der Waals surface area (Å²) in [7, 11) is 0. The van der Waals surface area contributed by atoms with E-state index in [0.717, 1.165) is 20.4 Å². The number of halogens is 1. The molecule has 6 N–H and O–H groups in total. The number of benzene rings is 2. The van der Waals surface area contributed by atoms with Crippen molar-refractivity contribution in [2.45, 2.75) is 0 Å². The molecule has 0 unspecified atom stereocenters. The second kappa shape index (κ2) is 4.21. The third-order valence-electron chi connectivity index (χ3n) is 2.42. The van der Waals surface area contributed by atoms with Gasteiger partial charge in [0.15, 0.2) is 0 Å². The van der Waals surface area contributed by atoms with Crippen molar-refractivity contribution in [3.8, 4) is 11.1 Å². The van der Waals surface area contributed by atoms with Gasteiger partial charge in [0.25, 0.3) is 0 Å². The topological polar surface area (TPSA) is 78.1 Å². The summed E-state index contributed by atoms with van der Waals surface area (Å²) in [5.41, 5.74) is 21.3. The summed E-state index contributed by atoms with van der Waals surface area (Å²) in [6, 6.07) is 11.5. The van der Waals surface area contributed by atoms with Gasteiger partial charge in [-0.15, -0.1) is 0 Å². The van der Waals surface area contributed by atoms with E-state index in [-0.39, 0.29) is 0 Å². The van der Waals surface area contributed by atoms with Gasteiger partial charge in [-0.3, -0.25) is 0 Å². The fourth-order valence-corrected chi connectivity index (χ4v) is 1.81. The Balaban J connectivity index is 2.50. The van der Waals surface area contributed by atoms with Crippen molar-refractivity contribution in [1.29, 1.82) is 0 Å². The highest BCUT2D eigenvalue weighted by Gasteiger charge is 2.02. The monoisotopic (exact) mass is 325 g/mol. The Labute approximate surface area is 108 Å². The predicted molar refractivity (Wildman–Crippen MR) is 77.8 cm³/mol. The van der Waals surface area contributed by atoms with E-state index in [2.05, 4.69) is 22.6 Å². The zero-order valence-electron chi connectivity index (χ0n) is 8.57. The molecule has 0 atom stereocenters. The Bertz CT molecular complexity index is 488. The second-order valence-electron chi connectivity index (χ2n) is 3.58. The molecule has 0 amide bonds. The first-order valence-corrected chi connectivity index (χ1v) is 5.86. The maximum absolute atomic E-state index is 5.86. The van der Waals surface area contributed by atoms with E-state index >= 15 is 0 Å². The molecule has 16 heavy (non-hydrogen) atoms. The van der Waals surface area contributed by atoms with Crippen LogP contribution in [0.3, 0.4) is 0 Å². The summed E-state index contributed by atoms with van der Waals surface area (Å²) in [5, 5.41) is 0. The minimum atomic E-state index is 0.592. The summed E-state index contributed by atoms with van der Waals surface area (Å²) in [5.74, 6) is 0.